The van der Waals surface area contributed by atoms with E-state index in [4.69, 9.17) is 5.11 Å². The van der Waals surface area contributed by atoms with Gasteiger partial charge in [-0.15, -0.1) is 0 Å². The zero-order valence-electron chi connectivity index (χ0n) is 8.63. The molecule has 2 aromatic heterocycles. The highest BCUT2D eigenvalue weighted by atomic mass is 16.4. The van der Waals surface area contributed by atoms with Gasteiger partial charge in [0.25, 0.3) is 0 Å². The summed E-state index contributed by atoms with van der Waals surface area (Å²) in [5, 5.41) is 9.07. The maximum absolute atomic E-state index is 11.1. The summed E-state index contributed by atoms with van der Waals surface area (Å²) >= 11 is 0. The molecule has 0 spiro atoms. The monoisotopic (exact) mass is 217 g/mol. The number of carboxylic acids is 1. The molecule has 1 aliphatic rings. The van der Waals surface area contributed by atoms with Crippen LogP contribution in [0.3, 0.4) is 0 Å². The lowest BCUT2D eigenvalue weighted by atomic mass is 9.85. The smallest absolute Gasteiger partial charge is 0.356 e. The number of rotatable bonds is 2. The third kappa shape index (κ3) is 1.21. The highest BCUT2D eigenvalue weighted by Gasteiger charge is 2.26. The topological polar surface area (TPSA) is 67.5 Å². The minimum absolute atomic E-state index is 0.129. The Morgan fingerprint density at radius 2 is 2.31 bits per heavy atom. The van der Waals surface area contributed by atoms with E-state index in [9.17, 15) is 4.79 Å². The van der Waals surface area contributed by atoms with Gasteiger partial charge in [0.2, 0.25) is 0 Å². The molecule has 2 aromatic rings. The molecule has 1 saturated carbocycles. The number of hydrogen-bond acceptors (Lipinski definition) is 3. The SMILES string of the molecule is O=C(O)c1nc(C2CCC2)n2cnccc12. The summed E-state index contributed by atoms with van der Waals surface area (Å²) in [6, 6.07) is 1.69. The number of aromatic nitrogens is 3. The molecule has 0 aliphatic heterocycles. The summed E-state index contributed by atoms with van der Waals surface area (Å²) in [5.41, 5.74) is 0.758. The van der Waals surface area contributed by atoms with Gasteiger partial charge in [-0.3, -0.25) is 4.40 Å². The van der Waals surface area contributed by atoms with Crippen molar-refractivity contribution in [2.75, 3.05) is 0 Å². The standard InChI is InChI=1S/C11H11N3O2/c15-11(16)9-8-4-5-12-6-14(8)10(13-9)7-2-1-3-7/h4-7H,1-3H2,(H,15,16). The first kappa shape index (κ1) is 9.33. The van der Waals surface area contributed by atoms with Crippen LogP contribution >= 0.6 is 0 Å². The highest BCUT2D eigenvalue weighted by molar-refractivity contribution is 5.93. The van der Waals surface area contributed by atoms with Crippen LogP contribution < -0.4 is 0 Å². The molecule has 0 saturated heterocycles. The molecule has 0 unspecified atom stereocenters. The summed E-state index contributed by atoms with van der Waals surface area (Å²) in [7, 11) is 0. The van der Waals surface area contributed by atoms with Crippen LogP contribution in [0.2, 0.25) is 0 Å². The minimum atomic E-state index is -0.978. The van der Waals surface area contributed by atoms with Crippen LogP contribution in [-0.4, -0.2) is 25.4 Å². The summed E-state index contributed by atoms with van der Waals surface area (Å²) in [5.74, 6) is 0.255. The second-order valence-electron chi connectivity index (χ2n) is 4.09. The molecule has 5 nitrogen and oxygen atoms in total. The Morgan fingerprint density at radius 1 is 1.50 bits per heavy atom. The molecule has 82 valence electrons. The number of hydrogen-bond donors (Lipinski definition) is 1. The fourth-order valence-electron chi connectivity index (χ4n) is 2.07. The molecule has 0 aromatic carbocycles. The number of nitrogens with zero attached hydrogens (tertiary/aromatic N) is 3. The third-order valence-corrected chi connectivity index (χ3v) is 3.15. The Labute approximate surface area is 91.8 Å². The van der Waals surface area contributed by atoms with Crippen molar-refractivity contribution in [1.29, 1.82) is 0 Å². The van der Waals surface area contributed by atoms with Gasteiger partial charge in [-0.05, 0) is 18.9 Å². The van der Waals surface area contributed by atoms with Crippen LogP contribution in [-0.2, 0) is 0 Å². The summed E-state index contributed by atoms with van der Waals surface area (Å²) in [6.45, 7) is 0. The molecule has 0 bridgehead atoms. The van der Waals surface area contributed by atoms with E-state index in [1.54, 1.807) is 23.0 Å². The largest absolute Gasteiger partial charge is 0.476 e. The number of fused-ring (bicyclic) bond motifs is 1. The number of imidazole rings is 1. The Morgan fingerprint density at radius 3 is 2.94 bits per heavy atom. The van der Waals surface area contributed by atoms with Crippen molar-refractivity contribution in [3.05, 3.63) is 30.1 Å². The molecule has 1 fully saturated rings. The van der Waals surface area contributed by atoms with Gasteiger partial charge < -0.3 is 5.11 Å². The highest BCUT2D eigenvalue weighted by Crippen LogP contribution is 2.36. The lowest BCUT2D eigenvalue weighted by Crippen LogP contribution is -2.12. The van der Waals surface area contributed by atoms with Gasteiger partial charge in [-0.1, -0.05) is 6.42 Å². The first-order valence-electron chi connectivity index (χ1n) is 5.32. The average Bonchev–Trinajstić information content (AvgIpc) is 2.56. The molecular weight excluding hydrogens is 206 g/mol. The Bertz CT molecular complexity index is 557. The second-order valence-corrected chi connectivity index (χ2v) is 4.09. The van der Waals surface area contributed by atoms with Crippen molar-refractivity contribution in [2.24, 2.45) is 0 Å². The van der Waals surface area contributed by atoms with Crippen molar-refractivity contribution in [2.45, 2.75) is 25.2 Å². The molecule has 0 atom stereocenters. The molecule has 1 aliphatic carbocycles. The molecule has 5 heteroatoms. The van der Waals surface area contributed by atoms with Crippen LogP contribution in [0.25, 0.3) is 5.52 Å². The van der Waals surface area contributed by atoms with Crippen molar-refractivity contribution in [3.8, 4) is 0 Å². The van der Waals surface area contributed by atoms with E-state index in [-0.39, 0.29) is 5.69 Å². The van der Waals surface area contributed by atoms with Gasteiger partial charge in [-0.25, -0.2) is 14.8 Å². The van der Waals surface area contributed by atoms with Crippen LogP contribution in [0.1, 0.15) is 41.5 Å². The van der Waals surface area contributed by atoms with Gasteiger partial charge in [0.1, 0.15) is 12.2 Å². The van der Waals surface area contributed by atoms with Gasteiger partial charge in [0, 0.05) is 12.1 Å². The van der Waals surface area contributed by atoms with Gasteiger partial charge in [-0.2, -0.15) is 0 Å². The first-order valence-corrected chi connectivity index (χ1v) is 5.32. The van der Waals surface area contributed by atoms with Crippen molar-refractivity contribution in [1.82, 2.24) is 14.4 Å². The van der Waals surface area contributed by atoms with Crippen molar-refractivity contribution >= 4 is 11.5 Å². The molecule has 0 amide bonds. The molecule has 3 rings (SSSR count). The maximum atomic E-state index is 11.1. The Kier molecular flexibility index (Phi) is 1.92. The lowest BCUT2D eigenvalue weighted by Gasteiger charge is -2.23. The maximum Gasteiger partial charge on any atom is 0.356 e. The normalized spacial score (nSPS) is 16.2. The number of aromatic carboxylic acids is 1. The van der Waals surface area contributed by atoms with E-state index >= 15 is 0 Å². The van der Waals surface area contributed by atoms with E-state index in [1.165, 1.54) is 6.42 Å². The quantitative estimate of drug-likeness (QED) is 0.831. The molecule has 2 heterocycles. The predicted molar refractivity (Wildman–Crippen MR) is 56.5 cm³/mol. The minimum Gasteiger partial charge on any atom is -0.476 e. The first-order chi connectivity index (χ1) is 7.77. The van der Waals surface area contributed by atoms with Crippen LogP contribution in [0.15, 0.2) is 18.6 Å². The summed E-state index contributed by atoms with van der Waals surface area (Å²) in [4.78, 5) is 19.3. The Balaban J connectivity index is 2.24. The van der Waals surface area contributed by atoms with E-state index < -0.39 is 5.97 Å². The van der Waals surface area contributed by atoms with Crippen molar-refractivity contribution in [3.63, 3.8) is 0 Å². The van der Waals surface area contributed by atoms with Gasteiger partial charge >= 0.3 is 5.97 Å². The molecule has 0 radical (unpaired) electrons. The average molecular weight is 217 g/mol. The van der Waals surface area contributed by atoms with Gasteiger partial charge in [0.05, 0.1) is 5.52 Å². The third-order valence-electron chi connectivity index (χ3n) is 3.15. The zero-order valence-corrected chi connectivity index (χ0v) is 8.63. The zero-order chi connectivity index (χ0) is 11.1. The predicted octanol–water partition coefficient (Wildman–Crippen LogP) is 1.69. The molecule has 1 N–H and O–H groups in total. The fourth-order valence-corrected chi connectivity index (χ4v) is 2.07. The second kappa shape index (κ2) is 3.30. The van der Waals surface area contributed by atoms with E-state index in [1.807, 2.05) is 0 Å². The van der Waals surface area contributed by atoms with E-state index in [0.29, 0.717) is 11.4 Å². The van der Waals surface area contributed by atoms with Gasteiger partial charge in [0.15, 0.2) is 5.69 Å². The van der Waals surface area contributed by atoms with Crippen LogP contribution in [0.4, 0.5) is 0 Å². The number of carbonyl (C=O) groups is 1. The van der Waals surface area contributed by atoms with Crippen LogP contribution in [0, 0.1) is 0 Å². The lowest BCUT2D eigenvalue weighted by molar-refractivity contribution is 0.0693. The van der Waals surface area contributed by atoms with Crippen LogP contribution in [0.5, 0.6) is 0 Å². The number of carboxylic acid groups (broad SMARTS) is 1. The Hall–Kier alpha value is -1.91. The summed E-state index contributed by atoms with van der Waals surface area (Å²) in [6.07, 6.45) is 6.61. The van der Waals surface area contributed by atoms with E-state index in [0.717, 1.165) is 18.7 Å². The molecular formula is C11H11N3O2. The summed E-state index contributed by atoms with van der Waals surface area (Å²) < 4.78 is 1.80. The van der Waals surface area contributed by atoms with E-state index in [2.05, 4.69) is 9.97 Å². The fraction of sp³-hybridized carbons (Fsp3) is 0.364. The molecule has 16 heavy (non-hydrogen) atoms. The van der Waals surface area contributed by atoms with Crippen molar-refractivity contribution < 1.29 is 9.90 Å².